The number of nitrogens with two attached hydrogens (primary N) is 1. The maximum absolute atomic E-state index is 5.57. The number of thioether (sulfide) groups is 1. The van der Waals surface area contributed by atoms with E-state index in [1.54, 1.807) is 0 Å². The summed E-state index contributed by atoms with van der Waals surface area (Å²) in [5.41, 5.74) is 4.23. The number of allylic oxidation sites excluding steroid dienone is 1. The van der Waals surface area contributed by atoms with Gasteiger partial charge in [0.05, 0.1) is 0 Å². The van der Waals surface area contributed by atoms with Gasteiger partial charge in [0.25, 0.3) is 0 Å². The van der Waals surface area contributed by atoms with Crippen molar-refractivity contribution in [3.05, 3.63) is 42.5 Å². The number of hydrogen-bond donors (Lipinski definition) is 2. The van der Waals surface area contributed by atoms with Crippen LogP contribution in [0.5, 0.6) is 0 Å². The Labute approximate surface area is 109 Å². The molecule has 17 heavy (non-hydrogen) atoms. The van der Waals surface area contributed by atoms with E-state index in [1.165, 1.54) is 10.5 Å². The second-order valence-electron chi connectivity index (χ2n) is 4.16. The first-order valence-electron chi connectivity index (χ1n) is 6.03. The van der Waals surface area contributed by atoms with E-state index in [0.29, 0.717) is 6.04 Å². The van der Waals surface area contributed by atoms with Crippen LogP contribution in [0.2, 0.25) is 0 Å². The Hall–Kier alpha value is -0.770. The highest BCUT2D eigenvalue weighted by atomic mass is 32.2. The van der Waals surface area contributed by atoms with Gasteiger partial charge in [0.1, 0.15) is 0 Å². The smallest absolute Gasteiger partial charge is 0.0304 e. The molecular weight excluding hydrogens is 228 g/mol. The van der Waals surface area contributed by atoms with Crippen molar-refractivity contribution in [1.29, 1.82) is 0 Å². The van der Waals surface area contributed by atoms with Gasteiger partial charge >= 0.3 is 0 Å². The number of rotatable bonds is 8. The average molecular weight is 250 g/mol. The molecule has 1 rings (SSSR count). The first-order chi connectivity index (χ1) is 8.27. The van der Waals surface area contributed by atoms with Gasteiger partial charge in [0, 0.05) is 16.7 Å². The third kappa shape index (κ3) is 5.39. The molecule has 1 aromatic carbocycles. The van der Waals surface area contributed by atoms with Gasteiger partial charge in [-0.25, -0.2) is 0 Å². The minimum absolute atomic E-state index is 0.375. The van der Waals surface area contributed by atoms with Crippen molar-refractivity contribution >= 4 is 11.8 Å². The molecule has 0 aliphatic heterocycles. The van der Waals surface area contributed by atoms with Gasteiger partial charge in [-0.05, 0) is 37.8 Å². The molecule has 0 saturated carbocycles. The summed E-state index contributed by atoms with van der Waals surface area (Å²) in [5.74, 6) is 6.58. The van der Waals surface area contributed by atoms with E-state index >= 15 is 0 Å². The number of hydrogen-bond acceptors (Lipinski definition) is 3. The van der Waals surface area contributed by atoms with Crippen LogP contribution >= 0.6 is 11.8 Å². The lowest BCUT2D eigenvalue weighted by atomic mass is 10.1. The molecule has 94 valence electrons. The lowest BCUT2D eigenvalue weighted by Gasteiger charge is -2.15. The van der Waals surface area contributed by atoms with Gasteiger partial charge in [-0.3, -0.25) is 11.3 Å². The molecule has 0 fully saturated rings. The normalized spacial score (nSPS) is 12.4. The van der Waals surface area contributed by atoms with Gasteiger partial charge in [0.15, 0.2) is 0 Å². The molecule has 1 aromatic rings. The topological polar surface area (TPSA) is 38.0 Å². The van der Waals surface area contributed by atoms with Crippen LogP contribution in [-0.2, 0) is 0 Å². The minimum atomic E-state index is 0.375. The molecule has 1 unspecified atom stereocenters. The summed E-state index contributed by atoms with van der Waals surface area (Å²) in [5, 5.41) is 0. The SMILES string of the molecule is C=CCCCC(CSc1ccccc1C)NN. The zero-order valence-corrected chi connectivity index (χ0v) is 11.3. The highest BCUT2D eigenvalue weighted by Crippen LogP contribution is 2.23. The molecule has 3 heteroatoms. The van der Waals surface area contributed by atoms with Crippen molar-refractivity contribution in [3.8, 4) is 0 Å². The van der Waals surface area contributed by atoms with E-state index in [0.717, 1.165) is 25.0 Å². The third-order valence-electron chi connectivity index (χ3n) is 2.73. The first-order valence-corrected chi connectivity index (χ1v) is 7.02. The van der Waals surface area contributed by atoms with Gasteiger partial charge in [-0.2, -0.15) is 0 Å². The molecule has 3 N–H and O–H groups in total. The molecule has 2 nitrogen and oxygen atoms in total. The van der Waals surface area contributed by atoms with Crippen LogP contribution in [-0.4, -0.2) is 11.8 Å². The van der Waals surface area contributed by atoms with Gasteiger partial charge < -0.3 is 0 Å². The van der Waals surface area contributed by atoms with E-state index in [4.69, 9.17) is 5.84 Å². The Morgan fingerprint density at radius 1 is 1.47 bits per heavy atom. The number of nitrogens with one attached hydrogen (secondary N) is 1. The lowest BCUT2D eigenvalue weighted by Crippen LogP contribution is -2.36. The lowest BCUT2D eigenvalue weighted by molar-refractivity contribution is 0.522. The van der Waals surface area contributed by atoms with Crippen LogP contribution in [0.25, 0.3) is 0 Å². The summed E-state index contributed by atoms with van der Waals surface area (Å²) in [6.07, 6.45) is 5.27. The monoisotopic (exact) mass is 250 g/mol. The molecule has 0 radical (unpaired) electrons. The van der Waals surface area contributed by atoms with Crippen LogP contribution in [0.3, 0.4) is 0 Å². The fourth-order valence-corrected chi connectivity index (χ4v) is 2.75. The largest absolute Gasteiger partial charge is 0.271 e. The van der Waals surface area contributed by atoms with E-state index < -0.39 is 0 Å². The van der Waals surface area contributed by atoms with E-state index in [2.05, 4.69) is 43.2 Å². The molecule has 0 spiro atoms. The Morgan fingerprint density at radius 3 is 2.88 bits per heavy atom. The van der Waals surface area contributed by atoms with Crippen LogP contribution in [0, 0.1) is 6.92 Å². The zero-order chi connectivity index (χ0) is 12.5. The third-order valence-corrected chi connectivity index (χ3v) is 4.07. The fraction of sp³-hybridized carbons (Fsp3) is 0.429. The van der Waals surface area contributed by atoms with Crippen molar-refractivity contribution in [3.63, 3.8) is 0 Å². The van der Waals surface area contributed by atoms with Crippen LogP contribution in [0.15, 0.2) is 41.8 Å². The van der Waals surface area contributed by atoms with Crippen molar-refractivity contribution in [2.75, 3.05) is 5.75 Å². The summed E-state index contributed by atoms with van der Waals surface area (Å²) in [6.45, 7) is 5.88. The number of aryl methyl sites for hydroxylation is 1. The van der Waals surface area contributed by atoms with Crippen molar-refractivity contribution < 1.29 is 0 Å². The quantitative estimate of drug-likeness (QED) is 0.244. The number of hydrazine groups is 1. The van der Waals surface area contributed by atoms with E-state index in [-0.39, 0.29) is 0 Å². The Morgan fingerprint density at radius 2 is 2.24 bits per heavy atom. The zero-order valence-electron chi connectivity index (χ0n) is 10.5. The summed E-state index contributed by atoms with van der Waals surface area (Å²) in [4.78, 5) is 1.34. The summed E-state index contributed by atoms with van der Waals surface area (Å²) < 4.78 is 0. The molecule has 0 aromatic heterocycles. The predicted molar refractivity (Wildman–Crippen MR) is 77.1 cm³/mol. The molecule has 0 bridgehead atoms. The fourth-order valence-electron chi connectivity index (χ4n) is 1.63. The Kier molecular flexibility index (Phi) is 7.01. The maximum Gasteiger partial charge on any atom is 0.0304 e. The molecular formula is C14H22N2S. The van der Waals surface area contributed by atoms with E-state index in [9.17, 15) is 0 Å². The summed E-state index contributed by atoms with van der Waals surface area (Å²) >= 11 is 1.87. The average Bonchev–Trinajstić information content (AvgIpc) is 2.35. The first kappa shape index (κ1) is 14.3. The van der Waals surface area contributed by atoms with Crippen molar-refractivity contribution in [1.82, 2.24) is 5.43 Å². The molecule has 0 heterocycles. The summed E-state index contributed by atoms with van der Waals surface area (Å²) in [6, 6.07) is 8.84. The summed E-state index contributed by atoms with van der Waals surface area (Å²) in [7, 11) is 0. The minimum Gasteiger partial charge on any atom is -0.271 e. The second-order valence-corrected chi connectivity index (χ2v) is 5.22. The molecule has 0 saturated heterocycles. The van der Waals surface area contributed by atoms with Crippen molar-refractivity contribution in [2.45, 2.75) is 37.1 Å². The Bertz CT molecular complexity index is 339. The predicted octanol–water partition coefficient (Wildman–Crippen LogP) is 3.28. The molecule has 0 aliphatic rings. The van der Waals surface area contributed by atoms with Crippen molar-refractivity contribution in [2.24, 2.45) is 5.84 Å². The molecule has 0 amide bonds. The van der Waals surface area contributed by atoms with Crippen LogP contribution < -0.4 is 11.3 Å². The Balaban J connectivity index is 2.37. The van der Waals surface area contributed by atoms with Gasteiger partial charge in [0.2, 0.25) is 0 Å². The maximum atomic E-state index is 5.57. The van der Waals surface area contributed by atoms with Crippen LogP contribution in [0.1, 0.15) is 24.8 Å². The second kappa shape index (κ2) is 8.34. The number of benzene rings is 1. The van der Waals surface area contributed by atoms with Crippen LogP contribution in [0.4, 0.5) is 0 Å². The van der Waals surface area contributed by atoms with Gasteiger partial charge in [-0.15, -0.1) is 18.3 Å². The molecule has 1 atom stereocenters. The number of unbranched alkanes of at least 4 members (excludes halogenated alkanes) is 1. The molecule has 0 aliphatic carbocycles. The standard InChI is InChI=1S/C14H22N2S/c1-3-4-5-9-13(16-15)11-17-14-10-7-6-8-12(14)2/h3,6-8,10,13,16H,1,4-5,9,11,15H2,2H3. The highest BCUT2D eigenvalue weighted by molar-refractivity contribution is 7.99. The highest BCUT2D eigenvalue weighted by Gasteiger charge is 2.07. The van der Waals surface area contributed by atoms with E-state index in [1.807, 2.05) is 17.8 Å². The van der Waals surface area contributed by atoms with Gasteiger partial charge in [-0.1, -0.05) is 24.3 Å².